The van der Waals surface area contributed by atoms with Crippen LogP contribution in [0.3, 0.4) is 0 Å². The Labute approximate surface area is 118 Å². The monoisotopic (exact) mass is 282 g/mol. The van der Waals surface area contributed by atoms with Crippen LogP contribution in [0.1, 0.15) is 30.9 Å². The van der Waals surface area contributed by atoms with Crippen molar-refractivity contribution in [2.45, 2.75) is 31.9 Å². The second-order valence-electron chi connectivity index (χ2n) is 5.45. The quantitative estimate of drug-likeness (QED) is 0.830. The van der Waals surface area contributed by atoms with Gasteiger partial charge in [-0.25, -0.2) is 4.39 Å². The van der Waals surface area contributed by atoms with Gasteiger partial charge < -0.3 is 10.8 Å². The van der Waals surface area contributed by atoms with Gasteiger partial charge in [-0.05, 0) is 37.5 Å². The minimum atomic E-state index is -0.552. The number of piperidine rings is 1. The van der Waals surface area contributed by atoms with Gasteiger partial charge in [0.05, 0.1) is 5.60 Å². The van der Waals surface area contributed by atoms with E-state index in [9.17, 15) is 9.50 Å². The van der Waals surface area contributed by atoms with E-state index in [-0.39, 0.29) is 10.8 Å². The van der Waals surface area contributed by atoms with E-state index >= 15 is 0 Å². The fraction of sp³-hybridized carbons (Fsp3) is 0.500. The van der Waals surface area contributed by atoms with Crippen LogP contribution in [-0.4, -0.2) is 33.7 Å². The van der Waals surface area contributed by atoms with Gasteiger partial charge in [-0.2, -0.15) is 0 Å². The van der Waals surface area contributed by atoms with Crippen molar-refractivity contribution < 1.29 is 9.50 Å². The zero-order valence-corrected chi connectivity index (χ0v) is 11.8. The molecule has 1 saturated heterocycles. The molecule has 0 bridgehead atoms. The van der Waals surface area contributed by atoms with Gasteiger partial charge >= 0.3 is 0 Å². The predicted molar refractivity (Wildman–Crippen MR) is 77.4 cm³/mol. The third-order valence-corrected chi connectivity index (χ3v) is 3.86. The molecule has 19 heavy (non-hydrogen) atoms. The first-order valence-electron chi connectivity index (χ1n) is 6.40. The minimum Gasteiger partial charge on any atom is -0.390 e. The van der Waals surface area contributed by atoms with Gasteiger partial charge in [0, 0.05) is 25.2 Å². The molecule has 2 rings (SSSR count). The summed E-state index contributed by atoms with van der Waals surface area (Å²) in [7, 11) is 0. The molecule has 0 saturated carbocycles. The summed E-state index contributed by atoms with van der Waals surface area (Å²) in [6.45, 7) is 4.28. The molecule has 1 aliphatic heterocycles. The number of benzene rings is 1. The van der Waals surface area contributed by atoms with Crippen LogP contribution in [0.2, 0.25) is 0 Å². The lowest BCUT2D eigenvalue weighted by Crippen LogP contribution is -2.41. The fourth-order valence-corrected chi connectivity index (χ4v) is 2.47. The number of halogens is 1. The molecule has 3 N–H and O–H groups in total. The van der Waals surface area contributed by atoms with Crippen LogP contribution < -0.4 is 5.73 Å². The van der Waals surface area contributed by atoms with Crippen LogP contribution in [0.15, 0.2) is 18.2 Å². The summed E-state index contributed by atoms with van der Waals surface area (Å²) < 4.78 is 13.5. The predicted octanol–water partition coefficient (Wildman–Crippen LogP) is 1.81. The second kappa shape index (κ2) is 5.53. The number of aliphatic hydroxyl groups is 1. The zero-order chi connectivity index (χ0) is 14.0. The Balaban J connectivity index is 2.04. The summed E-state index contributed by atoms with van der Waals surface area (Å²) in [5, 5.41) is 9.90. The molecular formula is C14H19FN2OS. The van der Waals surface area contributed by atoms with E-state index in [1.807, 2.05) is 6.92 Å². The van der Waals surface area contributed by atoms with Crippen molar-refractivity contribution in [3.8, 4) is 0 Å². The standard InChI is InChI=1S/C14H19FN2OS/c1-14(18)4-6-17(7-5-14)9-10-2-3-12(15)11(8-10)13(16)19/h2-3,8,18H,4-7,9H2,1H3,(H2,16,19). The Hall–Kier alpha value is -1.04. The highest BCUT2D eigenvalue weighted by molar-refractivity contribution is 7.80. The van der Waals surface area contributed by atoms with E-state index in [1.165, 1.54) is 6.07 Å². The third-order valence-electron chi connectivity index (χ3n) is 3.64. The van der Waals surface area contributed by atoms with E-state index in [1.54, 1.807) is 12.1 Å². The first kappa shape index (κ1) is 14.4. The molecule has 5 heteroatoms. The first-order valence-corrected chi connectivity index (χ1v) is 6.81. The van der Waals surface area contributed by atoms with Crippen molar-refractivity contribution in [3.05, 3.63) is 35.1 Å². The highest BCUT2D eigenvalue weighted by Gasteiger charge is 2.27. The van der Waals surface area contributed by atoms with Crippen molar-refractivity contribution in [3.63, 3.8) is 0 Å². The lowest BCUT2D eigenvalue weighted by molar-refractivity contribution is -0.00730. The SMILES string of the molecule is CC1(O)CCN(Cc2ccc(F)c(C(N)=S)c2)CC1. The topological polar surface area (TPSA) is 49.5 Å². The van der Waals surface area contributed by atoms with Crippen LogP contribution >= 0.6 is 12.2 Å². The molecule has 104 valence electrons. The molecule has 0 aromatic heterocycles. The van der Waals surface area contributed by atoms with Crippen LogP contribution in [0, 0.1) is 5.82 Å². The van der Waals surface area contributed by atoms with Crippen LogP contribution in [-0.2, 0) is 6.54 Å². The van der Waals surface area contributed by atoms with Crippen LogP contribution in [0.4, 0.5) is 4.39 Å². The number of likely N-dealkylation sites (tertiary alicyclic amines) is 1. The van der Waals surface area contributed by atoms with Crippen LogP contribution in [0.25, 0.3) is 0 Å². The van der Waals surface area contributed by atoms with Gasteiger partial charge in [-0.3, -0.25) is 4.90 Å². The zero-order valence-electron chi connectivity index (χ0n) is 11.0. The van der Waals surface area contributed by atoms with Crippen molar-refractivity contribution in [2.75, 3.05) is 13.1 Å². The number of nitrogens with zero attached hydrogens (tertiary/aromatic N) is 1. The maximum Gasteiger partial charge on any atom is 0.133 e. The minimum absolute atomic E-state index is 0.0842. The van der Waals surface area contributed by atoms with Crippen molar-refractivity contribution in [1.82, 2.24) is 4.90 Å². The molecular weight excluding hydrogens is 263 g/mol. The van der Waals surface area contributed by atoms with E-state index in [0.717, 1.165) is 38.0 Å². The molecule has 0 spiro atoms. The number of thiocarbonyl (C=S) groups is 1. The Morgan fingerprint density at radius 3 is 2.68 bits per heavy atom. The van der Waals surface area contributed by atoms with E-state index in [4.69, 9.17) is 18.0 Å². The lowest BCUT2D eigenvalue weighted by Gasteiger charge is -2.35. The Morgan fingerprint density at radius 1 is 1.47 bits per heavy atom. The van der Waals surface area contributed by atoms with Crippen LogP contribution in [0.5, 0.6) is 0 Å². The number of hydrogen-bond donors (Lipinski definition) is 2. The van der Waals surface area contributed by atoms with Gasteiger partial charge in [0.1, 0.15) is 10.8 Å². The highest BCUT2D eigenvalue weighted by atomic mass is 32.1. The first-order chi connectivity index (χ1) is 8.87. The maximum absolute atomic E-state index is 13.5. The molecule has 1 fully saturated rings. The summed E-state index contributed by atoms with van der Waals surface area (Å²) in [6, 6.07) is 4.87. The van der Waals surface area contributed by atoms with Gasteiger partial charge in [0.25, 0.3) is 0 Å². The normalized spacial score (nSPS) is 19.3. The second-order valence-corrected chi connectivity index (χ2v) is 5.89. The van der Waals surface area contributed by atoms with Gasteiger partial charge in [-0.1, -0.05) is 18.3 Å². The molecule has 0 amide bonds. The summed E-state index contributed by atoms with van der Waals surface area (Å²) in [6.07, 6.45) is 1.52. The van der Waals surface area contributed by atoms with Gasteiger partial charge in [0.2, 0.25) is 0 Å². The molecule has 1 aromatic rings. The molecule has 1 heterocycles. The molecule has 0 unspecified atom stereocenters. The summed E-state index contributed by atoms with van der Waals surface area (Å²) in [5.74, 6) is -0.377. The maximum atomic E-state index is 13.5. The molecule has 0 radical (unpaired) electrons. The average molecular weight is 282 g/mol. The smallest absolute Gasteiger partial charge is 0.133 e. The number of hydrogen-bond acceptors (Lipinski definition) is 3. The largest absolute Gasteiger partial charge is 0.390 e. The van der Waals surface area contributed by atoms with E-state index < -0.39 is 5.60 Å². The Kier molecular flexibility index (Phi) is 4.18. The summed E-state index contributed by atoms with van der Waals surface area (Å²) in [5.41, 5.74) is 6.24. The molecule has 3 nitrogen and oxygen atoms in total. The molecule has 1 aliphatic rings. The molecule has 1 aromatic carbocycles. The van der Waals surface area contributed by atoms with E-state index in [0.29, 0.717) is 5.56 Å². The Morgan fingerprint density at radius 2 is 2.11 bits per heavy atom. The van der Waals surface area contributed by atoms with Gasteiger partial charge in [-0.15, -0.1) is 0 Å². The number of rotatable bonds is 3. The Bertz CT molecular complexity index is 480. The van der Waals surface area contributed by atoms with Crippen molar-refractivity contribution in [2.24, 2.45) is 5.73 Å². The average Bonchev–Trinajstić information content (AvgIpc) is 2.34. The summed E-state index contributed by atoms with van der Waals surface area (Å²) >= 11 is 4.83. The summed E-state index contributed by atoms with van der Waals surface area (Å²) in [4.78, 5) is 2.33. The molecule has 0 aliphatic carbocycles. The fourth-order valence-electron chi connectivity index (χ4n) is 2.31. The number of nitrogens with two attached hydrogens (primary N) is 1. The molecule has 0 atom stereocenters. The highest BCUT2D eigenvalue weighted by Crippen LogP contribution is 2.22. The van der Waals surface area contributed by atoms with Gasteiger partial charge in [0.15, 0.2) is 0 Å². The lowest BCUT2D eigenvalue weighted by atomic mass is 9.93. The van der Waals surface area contributed by atoms with Crippen molar-refractivity contribution in [1.29, 1.82) is 0 Å². The van der Waals surface area contributed by atoms with Crippen molar-refractivity contribution >= 4 is 17.2 Å². The third kappa shape index (κ3) is 3.72. The van der Waals surface area contributed by atoms with E-state index in [2.05, 4.69) is 4.90 Å².